The summed E-state index contributed by atoms with van der Waals surface area (Å²) in [4.78, 5) is 10.9. The van der Waals surface area contributed by atoms with E-state index in [-0.39, 0.29) is 17.0 Å². The monoisotopic (exact) mass is 359 g/mol. The maximum Gasteiger partial charge on any atom is 0.335 e. The van der Waals surface area contributed by atoms with Gasteiger partial charge >= 0.3 is 5.97 Å². The van der Waals surface area contributed by atoms with E-state index in [1.165, 1.54) is 6.07 Å². The molecule has 5 nitrogen and oxygen atoms in total. The van der Waals surface area contributed by atoms with E-state index in [9.17, 15) is 13.2 Å². The second kappa shape index (κ2) is 6.88. The van der Waals surface area contributed by atoms with Crippen LogP contribution in [0.25, 0.3) is 0 Å². The predicted molar refractivity (Wildman–Crippen MR) is 79.1 cm³/mol. The number of aromatic carboxylic acids is 1. The fourth-order valence-corrected chi connectivity index (χ4v) is 3.42. The Kier molecular flexibility index (Phi) is 5.74. The Balaban J connectivity index is 3.16. The molecule has 1 rings (SSSR count). The number of nitrogens with one attached hydrogen (secondary N) is 1. The number of carboxylic acid groups (broad SMARTS) is 1. The molecule has 0 saturated carbocycles. The molecular weight excluding hydrogens is 346 g/mol. The van der Waals surface area contributed by atoms with E-state index >= 15 is 0 Å². The third-order valence-corrected chi connectivity index (χ3v) is 4.96. The highest BCUT2D eigenvalue weighted by atomic mass is 79.9. The summed E-state index contributed by atoms with van der Waals surface area (Å²) in [6, 6.07) is 2.52. The zero-order valence-corrected chi connectivity index (χ0v) is 13.4. The molecule has 0 bridgehead atoms. The van der Waals surface area contributed by atoms with Gasteiger partial charge in [-0.3, -0.25) is 0 Å². The van der Waals surface area contributed by atoms with Crippen molar-refractivity contribution in [1.82, 2.24) is 4.72 Å². The van der Waals surface area contributed by atoms with Crippen LogP contribution in [-0.2, 0) is 10.0 Å². The topological polar surface area (TPSA) is 83.5 Å². The van der Waals surface area contributed by atoms with Crippen LogP contribution in [-0.4, -0.2) is 26.0 Å². The lowest BCUT2D eigenvalue weighted by molar-refractivity contribution is 0.0696. The van der Waals surface area contributed by atoms with Gasteiger partial charge in [-0.15, -0.1) is 11.8 Å². The lowest BCUT2D eigenvalue weighted by Crippen LogP contribution is -2.25. The molecule has 0 saturated heterocycles. The number of carboxylic acids is 1. The number of hydrogen-bond donors (Lipinski definition) is 2. The summed E-state index contributed by atoms with van der Waals surface area (Å²) >= 11 is 3.17. The Bertz CT molecular complexity index is 686. The van der Waals surface area contributed by atoms with Gasteiger partial charge in [0.1, 0.15) is 0 Å². The van der Waals surface area contributed by atoms with E-state index in [1.54, 1.807) is 13.8 Å². The average molecular weight is 360 g/mol. The third kappa shape index (κ3) is 4.07. The molecular formula is C13H14BrNO4S. The van der Waals surface area contributed by atoms with Crippen molar-refractivity contribution in [3.8, 4) is 11.8 Å². The van der Waals surface area contributed by atoms with Gasteiger partial charge in [0.15, 0.2) is 0 Å². The van der Waals surface area contributed by atoms with Crippen molar-refractivity contribution in [1.29, 1.82) is 0 Å². The first kappa shape index (κ1) is 16.7. The molecule has 0 spiro atoms. The Morgan fingerprint density at radius 1 is 1.45 bits per heavy atom. The third-order valence-electron chi connectivity index (χ3n) is 2.55. The second-order valence-electron chi connectivity index (χ2n) is 3.96. The zero-order valence-electron chi connectivity index (χ0n) is 11.0. The first-order valence-electron chi connectivity index (χ1n) is 5.72. The fourth-order valence-electron chi connectivity index (χ4n) is 1.51. The van der Waals surface area contributed by atoms with Crippen LogP contribution in [0.3, 0.4) is 0 Å². The molecule has 0 unspecified atom stereocenters. The standard InChI is InChI=1S/C13H14BrNO4S/c1-3-4-5-6-15-20(18,19)12-8-10(13(16)17)7-11(14)9(12)2/h7-8,15H,5-6H2,1-2H3,(H,16,17). The zero-order chi connectivity index (χ0) is 15.3. The van der Waals surface area contributed by atoms with Gasteiger partial charge in [-0.05, 0) is 31.5 Å². The Labute approximate surface area is 126 Å². The minimum absolute atomic E-state index is 0.0475. The fraction of sp³-hybridized carbons (Fsp3) is 0.308. The van der Waals surface area contributed by atoms with Crippen LogP contribution in [0.4, 0.5) is 0 Å². The highest BCUT2D eigenvalue weighted by molar-refractivity contribution is 9.10. The van der Waals surface area contributed by atoms with E-state index in [2.05, 4.69) is 32.5 Å². The maximum absolute atomic E-state index is 12.2. The maximum atomic E-state index is 12.2. The first-order valence-corrected chi connectivity index (χ1v) is 8.00. The number of carbonyl (C=O) groups is 1. The summed E-state index contributed by atoms with van der Waals surface area (Å²) in [5.74, 6) is 4.23. The molecule has 20 heavy (non-hydrogen) atoms. The molecule has 1 aromatic carbocycles. The van der Waals surface area contributed by atoms with Crippen LogP contribution in [0, 0.1) is 18.8 Å². The van der Waals surface area contributed by atoms with Crippen LogP contribution in [0.2, 0.25) is 0 Å². The first-order chi connectivity index (χ1) is 9.29. The molecule has 0 aromatic heterocycles. The summed E-state index contributed by atoms with van der Waals surface area (Å²) in [6.45, 7) is 3.46. The Morgan fingerprint density at radius 3 is 2.65 bits per heavy atom. The van der Waals surface area contributed by atoms with Crippen molar-refractivity contribution in [3.05, 3.63) is 27.7 Å². The van der Waals surface area contributed by atoms with E-state index < -0.39 is 16.0 Å². The van der Waals surface area contributed by atoms with Crippen molar-refractivity contribution in [2.75, 3.05) is 6.54 Å². The molecule has 108 valence electrons. The van der Waals surface area contributed by atoms with Gasteiger partial charge in [0.2, 0.25) is 10.0 Å². The second-order valence-corrected chi connectivity index (χ2v) is 6.55. The molecule has 0 amide bonds. The smallest absolute Gasteiger partial charge is 0.335 e. The van der Waals surface area contributed by atoms with E-state index in [1.807, 2.05) is 0 Å². The van der Waals surface area contributed by atoms with Crippen LogP contribution < -0.4 is 4.72 Å². The van der Waals surface area contributed by atoms with Gasteiger partial charge in [0.05, 0.1) is 10.5 Å². The largest absolute Gasteiger partial charge is 0.478 e. The van der Waals surface area contributed by atoms with Crippen molar-refractivity contribution in [2.45, 2.75) is 25.2 Å². The summed E-state index contributed by atoms with van der Waals surface area (Å²) < 4.78 is 27.2. The number of benzene rings is 1. The quantitative estimate of drug-likeness (QED) is 0.623. The molecule has 0 fully saturated rings. The Morgan fingerprint density at radius 2 is 2.10 bits per heavy atom. The van der Waals surface area contributed by atoms with E-state index in [0.717, 1.165) is 6.07 Å². The van der Waals surface area contributed by atoms with Gasteiger partial charge in [-0.2, -0.15) is 0 Å². The van der Waals surface area contributed by atoms with Crippen LogP contribution in [0.1, 0.15) is 29.3 Å². The SMILES string of the molecule is CC#CCCNS(=O)(=O)c1cc(C(=O)O)cc(Br)c1C. The summed E-state index contributed by atoms with van der Waals surface area (Å²) in [6.07, 6.45) is 0.397. The van der Waals surface area contributed by atoms with E-state index in [4.69, 9.17) is 5.11 Å². The van der Waals surface area contributed by atoms with Crippen LogP contribution >= 0.6 is 15.9 Å². The summed E-state index contributed by atoms with van der Waals surface area (Å²) in [5, 5.41) is 8.98. The van der Waals surface area contributed by atoms with Crippen molar-refractivity contribution in [3.63, 3.8) is 0 Å². The van der Waals surface area contributed by atoms with Gasteiger partial charge in [0, 0.05) is 17.4 Å². The minimum atomic E-state index is -3.76. The van der Waals surface area contributed by atoms with Gasteiger partial charge in [0.25, 0.3) is 0 Å². The lowest BCUT2D eigenvalue weighted by atomic mass is 10.1. The number of halogens is 1. The molecule has 1 aromatic rings. The lowest BCUT2D eigenvalue weighted by Gasteiger charge is -2.11. The molecule has 7 heteroatoms. The highest BCUT2D eigenvalue weighted by Crippen LogP contribution is 2.25. The Hall–Kier alpha value is -1.36. The molecule has 0 radical (unpaired) electrons. The van der Waals surface area contributed by atoms with Gasteiger partial charge in [-0.25, -0.2) is 17.9 Å². The van der Waals surface area contributed by atoms with Crippen LogP contribution in [0.5, 0.6) is 0 Å². The molecule has 0 heterocycles. The average Bonchev–Trinajstić information content (AvgIpc) is 2.37. The summed E-state index contributed by atoms with van der Waals surface area (Å²) in [5.41, 5.74) is 0.375. The van der Waals surface area contributed by atoms with Crippen molar-refractivity contribution >= 4 is 31.9 Å². The van der Waals surface area contributed by atoms with Crippen molar-refractivity contribution in [2.24, 2.45) is 0 Å². The van der Waals surface area contributed by atoms with E-state index in [0.29, 0.717) is 16.5 Å². The molecule has 0 aliphatic rings. The number of rotatable bonds is 5. The number of hydrogen-bond acceptors (Lipinski definition) is 3. The normalized spacial score (nSPS) is 10.8. The van der Waals surface area contributed by atoms with Crippen molar-refractivity contribution < 1.29 is 18.3 Å². The summed E-state index contributed by atoms with van der Waals surface area (Å²) in [7, 11) is -3.76. The number of sulfonamides is 1. The minimum Gasteiger partial charge on any atom is -0.478 e. The molecule has 0 atom stereocenters. The highest BCUT2D eigenvalue weighted by Gasteiger charge is 2.20. The van der Waals surface area contributed by atoms with Crippen LogP contribution in [0.15, 0.2) is 21.5 Å². The van der Waals surface area contributed by atoms with Gasteiger partial charge in [-0.1, -0.05) is 15.9 Å². The van der Waals surface area contributed by atoms with Gasteiger partial charge < -0.3 is 5.11 Å². The predicted octanol–water partition coefficient (Wildman–Crippen LogP) is 2.15. The molecule has 0 aliphatic heterocycles. The molecule has 2 N–H and O–H groups in total. The molecule has 0 aliphatic carbocycles.